The summed E-state index contributed by atoms with van der Waals surface area (Å²) < 4.78 is 5.72. The lowest BCUT2D eigenvalue weighted by molar-refractivity contribution is -0.125. The average Bonchev–Trinajstić information content (AvgIpc) is 2.35. The van der Waals surface area contributed by atoms with Gasteiger partial charge in [-0.3, -0.25) is 4.79 Å². The van der Waals surface area contributed by atoms with Crippen molar-refractivity contribution in [1.29, 1.82) is 0 Å². The number of carbonyl (C=O) groups is 1. The zero-order valence-corrected chi connectivity index (χ0v) is 10.3. The number of benzene rings is 1. The Labute approximate surface area is 100 Å². The number of rotatable bonds is 4. The second-order valence-corrected chi connectivity index (χ2v) is 5.00. The van der Waals surface area contributed by atoms with Gasteiger partial charge in [-0.25, -0.2) is 0 Å². The van der Waals surface area contributed by atoms with Crippen LogP contribution in [0.5, 0.6) is 5.75 Å². The van der Waals surface area contributed by atoms with Crippen LogP contribution in [-0.2, 0) is 4.79 Å². The molecule has 1 aliphatic rings. The van der Waals surface area contributed by atoms with Crippen LogP contribution in [0.1, 0.15) is 26.2 Å². The molecule has 0 aliphatic carbocycles. The Morgan fingerprint density at radius 3 is 3.12 bits per heavy atom. The highest BCUT2D eigenvalue weighted by Gasteiger charge is 2.25. The predicted molar refractivity (Wildman–Crippen MR) is 66.1 cm³/mol. The summed E-state index contributed by atoms with van der Waals surface area (Å²) in [5.74, 6) is 1.84. The number of unbranched alkanes of at least 4 members (excludes halogenated alkanes) is 1. The minimum Gasteiger partial charge on any atom is -0.481 e. The molecular formula is C13H16O2S. The fraction of sp³-hybridized carbons (Fsp3) is 0.462. The van der Waals surface area contributed by atoms with Crippen molar-refractivity contribution in [3.63, 3.8) is 0 Å². The molecule has 0 bridgehead atoms. The molecule has 86 valence electrons. The average molecular weight is 236 g/mol. The number of thioether (sulfide) groups is 1. The molecule has 0 N–H and O–H groups in total. The highest BCUT2D eigenvalue weighted by atomic mass is 32.2. The zero-order valence-electron chi connectivity index (χ0n) is 9.44. The summed E-state index contributed by atoms with van der Waals surface area (Å²) in [5.41, 5.74) is 0. The highest BCUT2D eigenvalue weighted by molar-refractivity contribution is 7.99. The Bertz CT molecular complexity index is 376. The van der Waals surface area contributed by atoms with Gasteiger partial charge in [0, 0.05) is 17.1 Å². The van der Waals surface area contributed by atoms with E-state index in [4.69, 9.17) is 4.74 Å². The summed E-state index contributed by atoms with van der Waals surface area (Å²) in [6.45, 7) is 2.10. The van der Waals surface area contributed by atoms with Crippen molar-refractivity contribution in [2.24, 2.45) is 0 Å². The van der Waals surface area contributed by atoms with Gasteiger partial charge in [-0.15, -0.1) is 11.8 Å². The second kappa shape index (κ2) is 5.39. The summed E-state index contributed by atoms with van der Waals surface area (Å²) in [6, 6.07) is 7.90. The van der Waals surface area contributed by atoms with Crippen LogP contribution in [0.2, 0.25) is 0 Å². The van der Waals surface area contributed by atoms with E-state index in [9.17, 15) is 4.79 Å². The maximum atomic E-state index is 11.8. The van der Waals surface area contributed by atoms with Gasteiger partial charge < -0.3 is 4.74 Å². The molecule has 1 unspecified atom stereocenters. The summed E-state index contributed by atoms with van der Waals surface area (Å²) in [4.78, 5) is 13.0. The molecule has 0 aromatic heterocycles. The number of ketones is 1. The first kappa shape index (κ1) is 11.5. The molecule has 2 nitrogen and oxygen atoms in total. The highest BCUT2D eigenvalue weighted by Crippen LogP contribution is 2.35. The lowest BCUT2D eigenvalue weighted by atomic mass is 10.1. The number of para-hydroxylation sites is 1. The third-order valence-electron chi connectivity index (χ3n) is 2.64. The van der Waals surface area contributed by atoms with Gasteiger partial charge in [0.15, 0.2) is 11.9 Å². The minimum atomic E-state index is -0.244. The molecule has 0 spiro atoms. The fourth-order valence-corrected chi connectivity index (χ4v) is 2.71. The van der Waals surface area contributed by atoms with Crippen molar-refractivity contribution in [2.45, 2.75) is 37.2 Å². The molecule has 0 fully saturated rings. The number of hydrogen-bond donors (Lipinski definition) is 0. The van der Waals surface area contributed by atoms with Crippen molar-refractivity contribution >= 4 is 17.5 Å². The maximum Gasteiger partial charge on any atom is 0.174 e. The molecule has 2 rings (SSSR count). The van der Waals surface area contributed by atoms with Gasteiger partial charge in [0.05, 0.1) is 0 Å². The van der Waals surface area contributed by atoms with Gasteiger partial charge in [-0.05, 0) is 18.6 Å². The van der Waals surface area contributed by atoms with Crippen molar-refractivity contribution in [1.82, 2.24) is 0 Å². The van der Waals surface area contributed by atoms with Crippen molar-refractivity contribution in [2.75, 3.05) is 5.75 Å². The Morgan fingerprint density at radius 2 is 2.31 bits per heavy atom. The van der Waals surface area contributed by atoms with Crippen LogP contribution in [0.25, 0.3) is 0 Å². The quantitative estimate of drug-likeness (QED) is 0.802. The molecular weight excluding hydrogens is 220 g/mol. The van der Waals surface area contributed by atoms with E-state index >= 15 is 0 Å². The first-order valence-corrected chi connectivity index (χ1v) is 6.71. The normalized spacial score (nSPS) is 18.7. The number of hydrogen-bond acceptors (Lipinski definition) is 3. The van der Waals surface area contributed by atoms with Gasteiger partial charge in [0.1, 0.15) is 5.75 Å². The standard InChI is InChI=1S/C13H16O2S/c1-2-3-6-10(14)12-9-16-13-8-5-4-7-11(13)15-12/h4-5,7-8,12H,2-3,6,9H2,1H3. The lowest BCUT2D eigenvalue weighted by Gasteiger charge is -2.24. The molecule has 0 saturated carbocycles. The van der Waals surface area contributed by atoms with Crippen molar-refractivity contribution < 1.29 is 9.53 Å². The third-order valence-corrected chi connectivity index (χ3v) is 3.76. The van der Waals surface area contributed by atoms with E-state index in [1.54, 1.807) is 11.8 Å². The summed E-state index contributed by atoms with van der Waals surface area (Å²) in [7, 11) is 0. The van der Waals surface area contributed by atoms with Gasteiger partial charge in [-0.2, -0.15) is 0 Å². The third kappa shape index (κ3) is 2.59. The summed E-state index contributed by atoms with van der Waals surface area (Å²) in [6.07, 6.45) is 2.42. The fourth-order valence-electron chi connectivity index (χ4n) is 1.69. The van der Waals surface area contributed by atoms with Crippen LogP contribution in [0.4, 0.5) is 0 Å². The lowest BCUT2D eigenvalue weighted by Crippen LogP contribution is -2.32. The molecule has 0 radical (unpaired) electrons. The van der Waals surface area contributed by atoms with Crippen LogP contribution < -0.4 is 4.74 Å². The van der Waals surface area contributed by atoms with E-state index in [0.717, 1.165) is 29.2 Å². The van der Waals surface area contributed by atoms with Crippen LogP contribution in [0.3, 0.4) is 0 Å². The summed E-state index contributed by atoms with van der Waals surface area (Å²) in [5, 5.41) is 0. The Hall–Kier alpha value is -0.960. The van der Waals surface area contributed by atoms with Gasteiger partial charge in [-0.1, -0.05) is 25.5 Å². The van der Waals surface area contributed by atoms with E-state index in [2.05, 4.69) is 6.92 Å². The molecule has 1 heterocycles. The Kier molecular flexibility index (Phi) is 3.88. The van der Waals surface area contributed by atoms with E-state index in [0.29, 0.717) is 6.42 Å². The molecule has 1 aromatic carbocycles. The van der Waals surface area contributed by atoms with Gasteiger partial charge >= 0.3 is 0 Å². The van der Waals surface area contributed by atoms with Crippen molar-refractivity contribution in [3.8, 4) is 5.75 Å². The van der Waals surface area contributed by atoms with Crippen molar-refractivity contribution in [3.05, 3.63) is 24.3 Å². The van der Waals surface area contributed by atoms with Gasteiger partial charge in [0.2, 0.25) is 0 Å². The molecule has 3 heteroatoms. The van der Waals surface area contributed by atoms with Crippen LogP contribution in [0.15, 0.2) is 29.2 Å². The first-order valence-electron chi connectivity index (χ1n) is 5.72. The number of Topliss-reactive ketones (excluding diaryl/α,β-unsaturated/α-hetero) is 1. The number of fused-ring (bicyclic) bond motifs is 1. The largest absolute Gasteiger partial charge is 0.481 e. The first-order chi connectivity index (χ1) is 7.81. The minimum absolute atomic E-state index is 0.240. The molecule has 16 heavy (non-hydrogen) atoms. The zero-order chi connectivity index (χ0) is 11.4. The number of carbonyl (C=O) groups excluding carboxylic acids is 1. The monoisotopic (exact) mass is 236 g/mol. The Balaban J connectivity index is 1.99. The van der Waals surface area contributed by atoms with Crippen LogP contribution in [0, 0.1) is 0 Å². The second-order valence-electron chi connectivity index (χ2n) is 3.93. The topological polar surface area (TPSA) is 26.3 Å². The number of ether oxygens (including phenoxy) is 1. The molecule has 1 atom stereocenters. The van der Waals surface area contributed by atoms with Crippen LogP contribution in [-0.4, -0.2) is 17.6 Å². The maximum absolute atomic E-state index is 11.8. The molecule has 0 saturated heterocycles. The van der Waals surface area contributed by atoms with E-state index in [-0.39, 0.29) is 11.9 Å². The summed E-state index contributed by atoms with van der Waals surface area (Å²) >= 11 is 1.71. The molecule has 0 amide bonds. The van der Waals surface area contributed by atoms with E-state index in [1.165, 1.54) is 0 Å². The van der Waals surface area contributed by atoms with E-state index in [1.807, 2.05) is 24.3 Å². The molecule has 1 aromatic rings. The van der Waals surface area contributed by atoms with Gasteiger partial charge in [0.25, 0.3) is 0 Å². The Morgan fingerprint density at radius 1 is 1.50 bits per heavy atom. The van der Waals surface area contributed by atoms with Crippen LogP contribution >= 0.6 is 11.8 Å². The SMILES string of the molecule is CCCCC(=O)C1CSc2ccccc2O1. The molecule has 1 aliphatic heterocycles. The smallest absolute Gasteiger partial charge is 0.174 e. The van der Waals surface area contributed by atoms with E-state index < -0.39 is 0 Å². The predicted octanol–water partition coefficient (Wildman–Crippen LogP) is 3.30.